The highest BCUT2D eigenvalue weighted by Gasteiger charge is 2.46. The van der Waals surface area contributed by atoms with Crippen LogP contribution in [0.2, 0.25) is 0 Å². The van der Waals surface area contributed by atoms with Crippen molar-refractivity contribution in [1.82, 2.24) is 9.80 Å². The maximum absolute atomic E-state index is 13.4. The number of carbonyl (C=O) groups is 1. The molecule has 0 spiro atoms. The third kappa shape index (κ3) is 4.33. The van der Waals surface area contributed by atoms with E-state index in [2.05, 4.69) is 4.90 Å². The summed E-state index contributed by atoms with van der Waals surface area (Å²) in [5, 5.41) is 0. The van der Waals surface area contributed by atoms with Gasteiger partial charge in [0.1, 0.15) is 18.2 Å². The Morgan fingerprint density at radius 1 is 1.03 bits per heavy atom. The first-order valence-corrected chi connectivity index (χ1v) is 10.1. The third-order valence-corrected chi connectivity index (χ3v) is 6.22. The standard InChI is InChI=1S/C23H26F2N2O2/c1-29-15-23(28)27-14-20(17-4-8-19(25)9-5-17)21-13-26(11-10-22(21)27)12-16-2-6-18(24)7-3-16/h2-9,20-22H,10-15H2,1H3/t20-,21-,22-/m1/s1. The molecule has 154 valence electrons. The van der Waals surface area contributed by atoms with Crippen molar-refractivity contribution in [2.45, 2.75) is 24.9 Å². The van der Waals surface area contributed by atoms with Crippen LogP contribution >= 0.6 is 0 Å². The summed E-state index contributed by atoms with van der Waals surface area (Å²) in [5.41, 5.74) is 2.14. The van der Waals surface area contributed by atoms with E-state index < -0.39 is 0 Å². The molecule has 0 unspecified atom stereocenters. The summed E-state index contributed by atoms with van der Waals surface area (Å²) in [4.78, 5) is 17.0. The zero-order valence-electron chi connectivity index (χ0n) is 16.6. The van der Waals surface area contributed by atoms with Crippen molar-refractivity contribution >= 4 is 5.91 Å². The highest BCUT2D eigenvalue weighted by atomic mass is 19.1. The Kier molecular flexibility index (Phi) is 5.92. The molecule has 2 saturated heterocycles. The molecule has 0 radical (unpaired) electrons. The lowest BCUT2D eigenvalue weighted by Crippen LogP contribution is -2.48. The van der Waals surface area contributed by atoms with Gasteiger partial charge in [-0.15, -0.1) is 0 Å². The molecule has 2 aliphatic heterocycles. The van der Waals surface area contributed by atoms with Gasteiger partial charge in [-0.25, -0.2) is 8.78 Å². The second-order valence-corrected chi connectivity index (χ2v) is 8.02. The predicted molar refractivity (Wildman–Crippen MR) is 106 cm³/mol. The van der Waals surface area contributed by atoms with Gasteiger partial charge in [-0.05, 0) is 41.8 Å². The number of halogens is 2. The maximum atomic E-state index is 13.4. The molecule has 2 aromatic carbocycles. The van der Waals surface area contributed by atoms with Crippen molar-refractivity contribution in [3.63, 3.8) is 0 Å². The number of carbonyl (C=O) groups excluding carboxylic acids is 1. The number of methoxy groups -OCH3 is 1. The Balaban J connectivity index is 1.54. The highest BCUT2D eigenvalue weighted by molar-refractivity contribution is 5.78. The van der Waals surface area contributed by atoms with E-state index in [0.29, 0.717) is 6.54 Å². The fraction of sp³-hybridized carbons (Fsp3) is 0.435. The van der Waals surface area contributed by atoms with E-state index in [9.17, 15) is 13.6 Å². The number of hydrogen-bond acceptors (Lipinski definition) is 3. The summed E-state index contributed by atoms with van der Waals surface area (Å²) in [6.45, 7) is 3.20. The van der Waals surface area contributed by atoms with E-state index in [1.807, 2.05) is 29.2 Å². The number of hydrogen-bond donors (Lipinski definition) is 0. The molecule has 4 rings (SSSR count). The van der Waals surface area contributed by atoms with Gasteiger partial charge >= 0.3 is 0 Å². The molecule has 2 fully saturated rings. The molecule has 3 atom stereocenters. The second kappa shape index (κ2) is 8.59. The summed E-state index contributed by atoms with van der Waals surface area (Å²) in [6, 6.07) is 13.4. The lowest BCUT2D eigenvalue weighted by atomic mass is 9.81. The number of amides is 1. The van der Waals surface area contributed by atoms with Crippen LogP contribution in [0.3, 0.4) is 0 Å². The van der Waals surface area contributed by atoms with Gasteiger partial charge in [-0.1, -0.05) is 24.3 Å². The van der Waals surface area contributed by atoms with Gasteiger partial charge < -0.3 is 9.64 Å². The predicted octanol–water partition coefficient (Wildman–Crippen LogP) is 3.43. The van der Waals surface area contributed by atoms with Crippen LogP contribution in [0.4, 0.5) is 8.78 Å². The molecule has 6 heteroatoms. The van der Waals surface area contributed by atoms with Crippen molar-refractivity contribution in [2.75, 3.05) is 33.4 Å². The Morgan fingerprint density at radius 2 is 1.69 bits per heavy atom. The van der Waals surface area contributed by atoms with Gasteiger partial charge in [0, 0.05) is 51.2 Å². The molecule has 0 saturated carbocycles. The molecule has 0 N–H and O–H groups in total. The van der Waals surface area contributed by atoms with Crippen molar-refractivity contribution in [3.05, 3.63) is 71.3 Å². The number of benzene rings is 2. The molecule has 0 aromatic heterocycles. The second-order valence-electron chi connectivity index (χ2n) is 8.02. The topological polar surface area (TPSA) is 32.8 Å². The van der Waals surface area contributed by atoms with E-state index in [-0.39, 0.29) is 42.0 Å². The minimum atomic E-state index is -0.253. The van der Waals surface area contributed by atoms with Crippen molar-refractivity contribution < 1.29 is 18.3 Å². The first kappa shape index (κ1) is 20.0. The monoisotopic (exact) mass is 400 g/mol. The largest absolute Gasteiger partial charge is 0.375 e. The molecule has 0 bridgehead atoms. The maximum Gasteiger partial charge on any atom is 0.248 e. The summed E-state index contributed by atoms with van der Waals surface area (Å²) >= 11 is 0. The number of piperidine rings is 1. The fourth-order valence-electron chi connectivity index (χ4n) is 4.85. The quantitative estimate of drug-likeness (QED) is 0.771. The van der Waals surface area contributed by atoms with E-state index in [1.54, 1.807) is 0 Å². The Morgan fingerprint density at radius 3 is 2.34 bits per heavy atom. The zero-order chi connectivity index (χ0) is 20.4. The molecule has 1 amide bonds. The van der Waals surface area contributed by atoms with Crippen LogP contribution in [0, 0.1) is 17.6 Å². The number of rotatable bonds is 5. The number of likely N-dealkylation sites (tertiary alicyclic amines) is 2. The summed E-state index contributed by atoms with van der Waals surface area (Å²) < 4.78 is 31.7. The van der Waals surface area contributed by atoms with Crippen molar-refractivity contribution in [2.24, 2.45) is 5.92 Å². The SMILES string of the molecule is COCC(=O)N1C[C@H](c2ccc(F)cc2)[C@H]2CN(Cc3ccc(F)cc3)CC[C@H]21. The Hall–Kier alpha value is -2.31. The van der Waals surface area contributed by atoms with Gasteiger partial charge in [0.2, 0.25) is 5.91 Å². The molecule has 0 aliphatic carbocycles. The van der Waals surface area contributed by atoms with Crippen LogP contribution in [-0.4, -0.2) is 55.1 Å². The van der Waals surface area contributed by atoms with Crippen LogP contribution in [0.15, 0.2) is 48.5 Å². The summed E-state index contributed by atoms with van der Waals surface area (Å²) in [7, 11) is 1.54. The molecular formula is C23H26F2N2O2. The van der Waals surface area contributed by atoms with Gasteiger partial charge in [0.15, 0.2) is 0 Å². The molecule has 2 heterocycles. The van der Waals surface area contributed by atoms with Gasteiger partial charge in [-0.2, -0.15) is 0 Å². The minimum absolute atomic E-state index is 0.0131. The first-order valence-electron chi connectivity index (χ1n) is 10.1. The number of fused-ring (bicyclic) bond motifs is 1. The van der Waals surface area contributed by atoms with Crippen LogP contribution in [0.1, 0.15) is 23.5 Å². The lowest BCUT2D eigenvalue weighted by Gasteiger charge is -2.39. The average molecular weight is 400 g/mol. The van der Waals surface area contributed by atoms with E-state index in [4.69, 9.17) is 4.74 Å². The molecule has 4 nitrogen and oxygen atoms in total. The van der Waals surface area contributed by atoms with Crippen LogP contribution < -0.4 is 0 Å². The van der Waals surface area contributed by atoms with E-state index in [0.717, 1.165) is 37.2 Å². The lowest BCUT2D eigenvalue weighted by molar-refractivity contribution is -0.137. The van der Waals surface area contributed by atoms with Crippen molar-refractivity contribution in [3.8, 4) is 0 Å². The number of ether oxygens (including phenoxy) is 1. The van der Waals surface area contributed by atoms with Crippen LogP contribution in [-0.2, 0) is 16.1 Å². The third-order valence-electron chi connectivity index (χ3n) is 6.22. The van der Waals surface area contributed by atoms with Gasteiger partial charge in [0.05, 0.1) is 0 Å². The smallest absolute Gasteiger partial charge is 0.248 e. The first-order chi connectivity index (χ1) is 14.0. The van der Waals surface area contributed by atoms with E-state index >= 15 is 0 Å². The summed E-state index contributed by atoms with van der Waals surface area (Å²) in [6.07, 6.45) is 0.888. The fourth-order valence-corrected chi connectivity index (χ4v) is 4.85. The Bertz CT molecular complexity index is 841. The van der Waals surface area contributed by atoms with Crippen molar-refractivity contribution in [1.29, 1.82) is 0 Å². The van der Waals surface area contributed by atoms with Crippen LogP contribution in [0.25, 0.3) is 0 Å². The molecular weight excluding hydrogens is 374 g/mol. The minimum Gasteiger partial charge on any atom is -0.375 e. The molecule has 2 aromatic rings. The molecule has 2 aliphatic rings. The summed E-state index contributed by atoms with van der Waals surface area (Å²) in [5.74, 6) is -0.0314. The van der Waals surface area contributed by atoms with Crippen LogP contribution in [0.5, 0.6) is 0 Å². The number of nitrogens with zero attached hydrogens (tertiary/aromatic N) is 2. The average Bonchev–Trinajstić information content (AvgIpc) is 3.09. The van der Waals surface area contributed by atoms with Gasteiger partial charge in [0.25, 0.3) is 0 Å². The normalized spacial score (nSPS) is 24.5. The Labute approximate surface area is 170 Å². The zero-order valence-corrected chi connectivity index (χ0v) is 16.6. The van der Waals surface area contributed by atoms with Gasteiger partial charge in [-0.3, -0.25) is 9.69 Å². The molecule has 29 heavy (non-hydrogen) atoms. The van der Waals surface area contributed by atoms with E-state index in [1.165, 1.54) is 31.4 Å². The highest BCUT2D eigenvalue weighted by Crippen LogP contribution is 2.41.